The smallest absolute Gasteiger partial charge is 0.222 e. The number of hydrogen-bond acceptors (Lipinski definition) is 5. The summed E-state index contributed by atoms with van der Waals surface area (Å²) in [6.07, 6.45) is 4.54. The van der Waals surface area contributed by atoms with Crippen LogP contribution in [0, 0.1) is 6.92 Å². The fraction of sp³-hybridized carbons (Fsp3) is 0.304. The second-order valence-corrected chi connectivity index (χ2v) is 7.25. The molecule has 0 atom stereocenters. The van der Waals surface area contributed by atoms with Gasteiger partial charge in [0.15, 0.2) is 0 Å². The number of carbonyl (C=O) groups excluding carboxylic acids is 1. The van der Waals surface area contributed by atoms with Gasteiger partial charge in [0.25, 0.3) is 0 Å². The summed E-state index contributed by atoms with van der Waals surface area (Å²) in [6.45, 7) is 3.28. The summed E-state index contributed by atoms with van der Waals surface area (Å²) < 4.78 is 0. The third kappa shape index (κ3) is 4.77. The molecule has 6 nitrogen and oxygen atoms in total. The predicted octanol–water partition coefficient (Wildman–Crippen LogP) is 3.48. The van der Waals surface area contributed by atoms with Gasteiger partial charge < -0.3 is 10.2 Å². The van der Waals surface area contributed by atoms with E-state index >= 15 is 0 Å². The number of hydrogen-bond donors (Lipinski definition) is 1. The molecule has 1 aliphatic rings. The Morgan fingerprint density at radius 1 is 1.03 bits per heavy atom. The number of rotatable bonds is 5. The highest BCUT2D eigenvalue weighted by molar-refractivity contribution is 5.76. The number of benzene rings is 1. The monoisotopic (exact) mass is 387 g/mol. The number of pyridine rings is 1. The lowest BCUT2D eigenvalue weighted by molar-refractivity contribution is -0.131. The number of aryl methyl sites for hydroxylation is 2. The second kappa shape index (κ2) is 8.82. The lowest BCUT2D eigenvalue weighted by Gasteiger charge is -2.20. The molecule has 0 unspecified atom stereocenters. The van der Waals surface area contributed by atoms with Gasteiger partial charge in [-0.3, -0.25) is 4.79 Å². The third-order valence-corrected chi connectivity index (χ3v) is 5.19. The van der Waals surface area contributed by atoms with Crippen LogP contribution in [-0.2, 0) is 24.1 Å². The maximum absolute atomic E-state index is 12.8. The molecule has 0 spiro atoms. The number of nitrogens with one attached hydrogen (secondary N) is 1. The van der Waals surface area contributed by atoms with Crippen LogP contribution in [0.3, 0.4) is 0 Å². The largest absolute Gasteiger partial charge is 0.342 e. The van der Waals surface area contributed by atoms with Crippen molar-refractivity contribution in [2.45, 2.75) is 32.6 Å². The molecule has 1 N–H and O–H groups in total. The molecular formula is C23H25N5O. The van der Waals surface area contributed by atoms with Gasteiger partial charge >= 0.3 is 0 Å². The van der Waals surface area contributed by atoms with Crippen molar-refractivity contribution in [1.82, 2.24) is 19.9 Å². The van der Waals surface area contributed by atoms with E-state index in [0.717, 1.165) is 48.0 Å². The number of amides is 1. The predicted molar refractivity (Wildman–Crippen MR) is 113 cm³/mol. The zero-order chi connectivity index (χ0) is 20.1. The number of carbonyl (C=O) groups is 1. The standard InChI is InChI=1S/C23H25N5O/c1-17-25-20-13-16-28(22(29)11-10-18-7-3-2-4-8-18)15-12-19(20)23(26-17)27-21-9-5-6-14-24-21/h2-9,14H,10-13,15-16H2,1H3,(H,24,25,26,27). The van der Waals surface area contributed by atoms with Crippen molar-refractivity contribution >= 4 is 17.5 Å². The molecule has 0 aliphatic carbocycles. The summed E-state index contributed by atoms with van der Waals surface area (Å²) in [4.78, 5) is 28.3. The van der Waals surface area contributed by atoms with Gasteiger partial charge in [0.05, 0.1) is 5.69 Å². The van der Waals surface area contributed by atoms with E-state index in [4.69, 9.17) is 0 Å². The minimum Gasteiger partial charge on any atom is -0.342 e. The summed E-state index contributed by atoms with van der Waals surface area (Å²) in [5, 5.41) is 3.33. The average molecular weight is 387 g/mol. The van der Waals surface area contributed by atoms with Gasteiger partial charge in [-0.15, -0.1) is 0 Å². The third-order valence-electron chi connectivity index (χ3n) is 5.19. The summed E-state index contributed by atoms with van der Waals surface area (Å²) in [7, 11) is 0. The van der Waals surface area contributed by atoms with Crippen molar-refractivity contribution in [2.24, 2.45) is 0 Å². The fourth-order valence-electron chi connectivity index (χ4n) is 3.69. The van der Waals surface area contributed by atoms with Gasteiger partial charge in [-0.1, -0.05) is 36.4 Å². The summed E-state index contributed by atoms with van der Waals surface area (Å²) in [6, 6.07) is 15.9. The minimum atomic E-state index is 0.200. The Bertz CT molecular complexity index is 975. The van der Waals surface area contributed by atoms with Crippen molar-refractivity contribution in [2.75, 3.05) is 18.4 Å². The molecule has 3 heterocycles. The molecule has 0 fully saturated rings. The van der Waals surface area contributed by atoms with Crippen molar-refractivity contribution in [3.05, 3.63) is 77.4 Å². The van der Waals surface area contributed by atoms with Gasteiger partial charge in [-0.25, -0.2) is 15.0 Å². The quantitative estimate of drug-likeness (QED) is 0.726. The van der Waals surface area contributed by atoms with E-state index in [1.807, 2.05) is 48.2 Å². The summed E-state index contributed by atoms with van der Waals surface area (Å²) in [5.41, 5.74) is 3.30. The first-order valence-corrected chi connectivity index (χ1v) is 10.0. The summed E-state index contributed by atoms with van der Waals surface area (Å²) >= 11 is 0. The first-order chi connectivity index (χ1) is 14.2. The number of aromatic nitrogens is 3. The zero-order valence-electron chi connectivity index (χ0n) is 16.6. The van der Waals surface area contributed by atoms with Gasteiger partial charge in [-0.05, 0) is 37.5 Å². The molecular weight excluding hydrogens is 362 g/mol. The van der Waals surface area contributed by atoms with Crippen LogP contribution >= 0.6 is 0 Å². The van der Waals surface area contributed by atoms with Crippen molar-refractivity contribution in [3.63, 3.8) is 0 Å². The summed E-state index contributed by atoms with van der Waals surface area (Å²) in [5.74, 6) is 2.48. The number of fused-ring (bicyclic) bond motifs is 1. The van der Waals surface area contributed by atoms with Crippen molar-refractivity contribution in [1.29, 1.82) is 0 Å². The highest BCUT2D eigenvalue weighted by atomic mass is 16.2. The van der Waals surface area contributed by atoms with Crippen LogP contribution in [0.5, 0.6) is 0 Å². The van der Waals surface area contributed by atoms with Crippen LogP contribution in [0.25, 0.3) is 0 Å². The molecule has 4 rings (SSSR count). The van der Waals surface area contributed by atoms with E-state index < -0.39 is 0 Å². The fourth-order valence-corrected chi connectivity index (χ4v) is 3.69. The minimum absolute atomic E-state index is 0.200. The molecule has 0 saturated carbocycles. The molecule has 1 amide bonds. The Morgan fingerprint density at radius 2 is 1.83 bits per heavy atom. The van der Waals surface area contributed by atoms with Crippen LogP contribution in [0.15, 0.2) is 54.7 Å². The van der Waals surface area contributed by atoms with Crippen LogP contribution in [-0.4, -0.2) is 38.8 Å². The second-order valence-electron chi connectivity index (χ2n) is 7.25. The Kier molecular flexibility index (Phi) is 5.79. The van der Waals surface area contributed by atoms with E-state index in [0.29, 0.717) is 19.5 Å². The Morgan fingerprint density at radius 3 is 2.62 bits per heavy atom. The van der Waals surface area contributed by atoms with E-state index in [9.17, 15) is 4.79 Å². The normalized spacial score (nSPS) is 13.5. The molecule has 0 saturated heterocycles. The van der Waals surface area contributed by atoms with E-state index in [1.54, 1.807) is 6.20 Å². The maximum Gasteiger partial charge on any atom is 0.222 e. The lowest BCUT2D eigenvalue weighted by Crippen LogP contribution is -2.33. The number of anilines is 2. The van der Waals surface area contributed by atoms with E-state index in [1.165, 1.54) is 5.56 Å². The average Bonchev–Trinajstić information content (AvgIpc) is 2.96. The molecule has 6 heteroatoms. The molecule has 29 heavy (non-hydrogen) atoms. The zero-order valence-corrected chi connectivity index (χ0v) is 16.6. The molecule has 3 aromatic rings. The topological polar surface area (TPSA) is 71.0 Å². The van der Waals surface area contributed by atoms with Crippen molar-refractivity contribution in [3.8, 4) is 0 Å². The molecule has 1 aromatic carbocycles. The molecule has 0 radical (unpaired) electrons. The highest BCUT2D eigenvalue weighted by Gasteiger charge is 2.22. The lowest BCUT2D eigenvalue weighted by atomic mass is 10.1. The van der Waals surface area contributed by atoms with Crippen LogP contribution < -0.4 is 5.32 Å². The first kappa shape index (κ1) is 19.1. The van der Waals surface area contributed by atoms with Gasteiger partial charge in [0.2, 0.25) is 5.91 Å². The highest BCUT2D eigenvalue weighted by Crippen LogP contribution is 2.24. The van der Waals surface area contributed by atoms with Gasteiger partial charge in [0.1, 0.15) is 17.5 Å². The maximum atomic E-state index is 12.8. The van der Waals surface area contributed by atoms with Crippen LogP contribution in [0.4, 0.5) is 11.6 Å². The van der Waals surface area contributed by atoms with E-state index in [2.05, 4.69) is 32.4 Å². The van der Waals surface area contributed by atoms with Gasteiger partial charge in [0, 0.05) is 37.7 Å². The first-order valence-electron chi connectivity index (χ1n) is 10.0. The molecule has 2 aromatic heterocycles. The SMILES string of the molecule is Cc1nc2c(c(Nc3ccccn3)n1)CCN(C(=O)CCc1ccccc1)CC2. The number of nitrogens with zero attached hydrogens (tertiary/aromatic N) is 4. The molecule has 148 valence electrons. The Balaban J connectivity index is 1.45. The molecule has 0 bridgehead atoms. The van der Waals surface area contributed by atoms with Crippen molar-refractivity contribution < 1.29 is 4.79 Å². The Labute approximate surface area is 171 Å². The molecule has 1 aliphatic heterocycles. The van der Waals surface area contributed by atoms with Gasteiger partial charge in [-0.2, -0.15) is 0 Å². The van der Waals surface area contributed by atoms with Crippen LogP contribution in [0.2, 0.25) is 0 Å². The Hall–Kier alpha value is -3.28. The van der Waals surface area contributed by atoms with Crippen LogP contribution in [0.1, 0.15) is 29.1 Å². The van der Waals surface area contributed by atoms with E-state index in [-0.39, 0.29) is 5.91 Å².